The Balaban J connectivity index is 1.32. The molecule has 1 aromatic carbocycles. The summed E-state index contributed by atoms with van der Waals surface area (Å²) < 4.78 is 5.62. The molecule has 3 nitrogen and oxygen atoms in total. The van der Waals surface area contributed by atoms with E-state index in [1.807, 2.05) is 30.3 Å². The Kier molecular flexibility index (Phi) is 5.01. The van der Waals surface area contributed by atoms with E-state index in [0.717, 1.165) is 24.0 Å². The fourth-order valence-electron chi connectivity index (χ4n) is 4.28. The molecule has 3 heteroatoms. The molecule has 22 heavy (non-hydrogen) atoms. The van der Waals surface area contributed by atoms with E-state index in [-0.39, 0.29) is 5.91 Å². The lowest BCUT2D eigenvalue weighted by molar-refractivity contribution is -0.122. The van der Waals surface area contributed by atoms with Crippen LogP contribution in [0.15, 0.2) is 30.3 Å². The highest BCUT2D eigenvalue weighted by Crippen LogP contribution is 2.49. The molecule has 2 bridgehead atoms. The summed E-state index contributed by atoms with van der Waals surface area (Å²) >= 11 is 0. The van der Waals surface area contributed by atoms with E-state index in [1.54, 1.807) is 0 Å². The molecule has 1 amide bonds. The van der Waals surface area contributed by atoms with Gasteiger partial charge in [0.1, 0.15) is 5.75 Å². The summed E-state index contributed by atoms with van der Waals surface area (Å²) in [5, 5.41) is 3.21. The number of para-hydroxylation sites is 1. The lowest BCUT2D eigenvalue weighted by Crippen LogP contribution is -2.40. The molecule has 0 radical (unpaired) electrons. The number of benzene rings is 1. The molecular weight excluding hydrogens is 274 g/mol. The third-order valence-electron chi connectivity index (χ3n) is 5.38. The van der Waals surface area contributed by atoms with Crippen LogP contribution in [0.4, 0.5) is 0 Å². The van der Waals surface area contributed by atoms with Crippen LogP contribution in [0.2, 0.25) is 0 Å². The van der Waals surface area contributed by atoms with Gasteiger partial charge >= 0.3 is 0 Å². The van der Waals surface area contributed by atoms with Crippen molar-refractivity contribution in [1.82, 2.24) is 5.32 Å². The van der Waals surface area contributed by atoms with Gasteiger partial charge in [-0.05, 0) is 62.5 Å². The minimum absolute atomic E-state index is 0.173. The number of amides is 1. The van der Waals surface area contributed by atoms with Crippen molar-refractivity contribution in [2.24, 2.45) is 17.8 Å². The van der Waals surface area contributed by atoms with E-state index in [4.69, 9.17) is 4.74 Å². The highest BCUT2D eigenvalue weighted by Gasteiger charge is 2.41. The molecule has 0 aliphatic heterocycles. The van der Waals surface area contributed by atoms with Crippen LogP contribution in [0.1, 0.15) is 45.4 Å². The van der Waals surface area contributed by atoms with Gasteiger partial charge in [-0.25, -0.2) is 0 Å². The smallest absolute Gasteiger partial charge is 0.220 e. The summed E-state index contributed by atoms with van der Waals surface area (Å²) in [6.07, 6.45) is 6.83. The van der Waals surface area contributed by atoms with Gasteiger partial charge in [0.05, 0.1) is 6.61 Å². The van der Waals surface area contributed by atoms with Crippen LogP contribution in [0.3, 0.4) is 0 Å². The molecule has 3 rings (SSSR count). The lowest BCUT2D eigenvalue weighted by atomic mass is 9.84. The maximum atomic E-state index is 12.1. The molecule has 120 valence electrons. The SMILES string of the molecule is C[C@H](NC(=O)CCCOc1ccccc1)[C@@H]1C[C@H]2CC[C@H]1C2. The molecule has 0 heterocycles. The van der Waals surface area contributed by atoms with Crippen LogP contribution in [0.5, 0.6) is 5.75 Å². The largest absolute Gasteiger partial charge is 0.494 e. The van der Waals surface area contributed by atoms with Crippen LogP contribution in [-0.2, 0) is 4.79 Å². The van der Waals surface area contributed by atoms with E-state index < -0.39 is 0 Å². The topological polar surface area (TPSA) is 38.3 Å². The monoisotopic (exact) mass is 301 g/mol. The number of hydrogen-bond acceptors (Lipinski definition) is 2. The summed E-state index contributed by atoms with van der Waals surface area (Å²) in [5.74, 6) is 3.56. The third-order valence-corrected chi connectivity index (χ3v) is 5.38. The standard InChI is InChI=1S/C19H27NO2/c1-14(18-13-15-9-10-16(18)12-15)20-19(21)8-5-11-22-17-6-3-2-4-7-17/h2-4,6-7,14-16,18H,5,8-13H2,1H3,(H,20,21)/t14-,15-,16-,18-/m0/s1. The molecule has 0 aromatic heterocycles. The summed E-state index contributed by atoms with van der Waals surface area (Å²) in [6.45, 7) is 2.78. The molecule has 0 saturated heterocycles. The molecule has 2 fully saturated rings. The Morgan fingerprint density at radius 1 is 1.27 bits per heavy atom. The van der Waals surface area contributed by atoms with Gasteiger partial charge in [-0.3, -0.25) is 4.79 Å². The van der Waals surface area contributed by atoms with Crippen molar-refractivity contribution in [2.75, 3.05) is 6.61 Å². The van der Waals surface area contributed by atoms with Crippen LogP contribution in [0.25, 0.3) is 0 Å². The zero-order chi connectivity index (χ0) is 15.4. The number of hydrogen-bond donors (Lipinski definition) is 1. The first-order chi connectivity index (χ1) is 10.7. The average molecular weight is 301 g/mol. The van der Waals surface area contributed by atoms with E-state index >= 15 is 0 Å². The van der Waals surface area contributed by atoms with Gasteiger partial charge in [0, 0.05) is 12.5 Å². The molecular formula is C19H27NO2. The van der Waals surface area contributed by atoms with Crippen LogP contribution in [0, 0.1) is 17.8 Å². The predicted molar refractivity (Wildman–Crippen MR) is 87.7 cm³/mol. The molecule has 1 aromatic rings. The molecule has 2 aliphatic carbocycles. The van der Waals surface area contributed by atoms with Crippen LogP contribution >= 0.6 is 0 Å². The summed E-state index contributed by atoms with van der Waals surface area (Å²) in [4.78, 5) is 12.1. The van der Waals surface area contributed by atoms with Crippen molar-refractivity contribution in [1.29, 1.82) is 0 Å². The zero-order valence-electron chi connectivity index (χ0n) is 13.5. The Bertz CT molecular complexity index is 487. The maximum absolute atomic E-state index is 12.1. The highest BCUT2D eigenvalue weighted by molar-refractivity contribution is 5.76. The number of nitrogens with one attached hydrogen (secondary N) is 1. The Morgan fingerprint density at radius 2 is 2.09 bits per heavy atom. The molecule has 4 atom stereocenters. The summed E-state index contributed by atoms with van der Waals surface area (Å²) in [6, 6.07) is 10.1. The van der Waals surface area contributed by atoms with Gasteiger partial charge in [-0.2, -0.15) is 0 Å². The Hall–Kier alpha value is -1.51. The number of fused-ring (bicyclic) bond motifs is 2. The molecule has 0 spiro atoms. The predicted octanol–water partition coefficient (Wildman–Crippen LogP) is 3.79. The second-order valence-corrected chi connectivity index (χ2v) is 6.96. The van der Waals surface area contributed by atoms with E-state index in [0.29, 0.717) is 25.0 Å². The van der Waals surface area contributed by atoms with Crippen molar-refractivity contribution < 1.29 is 9.53 Å². The van der Waals surface area contributed by atoms with E-state index in [9.17, 15) is 4.79 Å². The van der Waals surface area contributed by atoms with Gasteiger partial charge in [0.25, 0.3) is 0 Å². The minimum atomic E-state index is 0.173. The summed E-state index contributed by atoms with van der Waals surface area (Å²) in [5.41, 5.74) is 0. The maximum Gasteiger partial charge on any atom is 0.220 e. The van der Waals surface area contributed by atoms with Crippen molar-refractivity contribution in [3.8, 4) is 5.75 Å². The van der Waals surface area contributed by atoms with Crippen molar-refractivity contribution in [2.45, 2.75) is 51.5 Å². The van der Waals surface area contributed by atoms with Gasteiger partial charge in [-0.1, -0.05) is 24.6 Å². The van der Waals surface area contributed by atoms with Gasteiger partial charge in [-0.15, -0.1) is 0 Å². The highest BCUT2D eigenvalue weighted by atomic mass is 16.5. The first-order valence-corrected chi connectivity index (χ1v) is 8.69. The lowest BCUT2D eigenvalue weighted by Gasteiger charge is -2.28. The molecule has 2 saturated carbocycles. The Labute approximate surface area is 133 Å². The Morgan fingerprint density at radius 3 is 2.77 bits per heavy atom. The molecule has 0 unspecified atom stereocenters. The number of carbonyl (C=O) groups is 1. The summed E-state index contributed by atoms with van der Waals surface area (Å²) in [7, 11) is 0. The first-order valence-electron chi connectivity index (χ1n) is 8.69. The minimum Gasteiger partial charge on any atom is -0.494 e. The van der Waals surface area contributed by atoms with Crippen molar-refractivity contribution >= 4 is 5.91 Å². The molecule has 1 N–H and O–H groups in total. The van der Waals surface area contributed by atoms with Gasteiger partial charge in [0.2, 0.25) is 5.91 Å². The van der Waals surface area contributed by atoms with Crippen LogP contribution in [-0.4, -0.2) is 18.6 Å². The van der Waals surface area contributed by atoms with Crippen molar-refractivity contribution in [3.05, 3.63) is 30.3 Å². The second-order valence-electron chi connectivity index (χ2n) is 6.96. The second kappa shape index (κ2) is 7.17. The van der Waals surface area contributed by atoms with Crippen LogP contribution < -0.4 is 10.1 Å². The fourth-order valence-corrected chi connectivity index (χ4v) is 4.28. The van der Waals surface area contributed by atoms with E-state index in [2.05, 4.69) is 12.2 Å². The van der Waals surface area contributed by atoms with Crippen molar-refractivity contribution in [3.63, 3.8) is 0 Å². The van der Waals surface area contributed by atoms with Gasteiger partial charge < -0.3 is 10.1 Å². The zero-order valence-corrected chi connectivity index (χ0v) is 13.5. The normalized spacial score (nSPS) is 27.6. The third kappa shape index (κ3) is 3.82. The average Bonchev–Trinajstić information content (AvgIpc) is 3.15. The fraction of sp³-hybridized carbons (Fsp3) is 0.632. The van der Waals surface area contributed by atoms with E-state index in [1.165, 1.54) is 25.7 Å². The van der Waals surface area contributed by atoms with Gasteiger partial charge in [0.15, 0.2) is 0 Å². The quantitative estimate of drug-likeness (QED) is 0.778. The number of ether oxygens (including phenoxy) is 1. The number of carbonyl (C=O) groups excluding carboxylic acids is 1. The number of rotatable bonds is 7. The molecule has 2 aliphatic rings. The first kappa shape index (κ1) is 15.4.